The van der Waals surface area contributed by atoms with E-state index in [1.165, 1.54) is 11.1 Å². The van der Waals surface area contributed by atoms with Crippen LogP contribution >= 0.6 is 0 Å². The van der Waals surface area contributed by atoms with Crippen molar-refractivity contribution in [2.45, 2.75) is 24.3 Å². The zero-order chi connectivity index (χ0) is 24.8. The molecule has 8 heteroatoms. The van der Waals surface area contributed by atoms with Gasteiger partial charge in [0.05, 0.1) is 24.1 Å². The molecule has 0 bridgehead atoms. The molecule has 1 atom stereocenters. The average molecular weight is 491 g/mol. The molecule has 180 valence electrons. The van der Waals surface area contributed by atoms with Crippen molar-refractivity contribution in [3.05, 3.63) is 96.2 Å². The van der Waals surface area contributed by atoms with E-state index in [1.54, 1.807) is 67.9 Å². The number of carbonyl (C=O) groups excluding carboxylic acids is 1. The first-order valence-corrected chi connectivity index (χ1v) is 12.6. The molecule has 0 amide bonds. The number of nitrogens with zero attached hydrogens (tertiary/aromatic N) is 2. The molecule has 0 N–H and O–H groups in total. The number of esters is 1. The number of carbonyl (C=O) groups is 1. The Morgan fingerprint density at radius 1 is 1.03 bits per heavy atom. The fraction of sp³-hybridized carbons (Fsp3) is 0.185. The van der Waals surface area contributed by atoms with Crippen LogP contribution in [0, 0.1) is 0 Å². The smallest absolute Gasteiger partial charge is 0.331 e. The third-order valence-corrected chi connectivity index (χ3v) is 7.22. The van der Waals surface area contributed by atoms with Crippen molar-refractivity contribution in [3.8, 4) is 5.75 Å². The zero-order valence-corrected chi connectivity index (χ0v) is 20.3. The summed E-state index contributed by atoms with van der Waals surface area (Å²) in [5, 5.41) is 0.689. The Morgan fingerprint density at radius 2 is 1.71 bits per heavy atom. The Bertz CT molecular complexity index is 1450. The minimum Gasteiger partial charge on any atom is -0.497 e. The molecule has 3 aromatic carbocycles. The minimum absolute atomic E-state index is 0.162. The average Bonchev–Trinajstić information content (AvgIpc) is 3.26. The van der Waals surface area contributed by atoms with E-state index >= 15 is 0 Å². The second-order valence-electron chi connectivity index (χ2n) is 7.81. The Hall–Kier alpha value is -3.91. The highest BCUT2D eigenvalue weighted by molar-refractivity contribution is 7.90. The summed E-state index contributed by atoms with van der Waals surface area (Å²) in [5.74, 6) is 0.0516. The molecule has 0 aliphatic heterocycles. The molecule has 4 aromatic rings. The lowest BCUT2D eigenvalue weighted by Gasteiger charge is -2.11. The van der Waals surface area contributed by atoms with Crippen molar-refractivity contribution in [2.24, 2.45) is 4.99 Å². The number of benzene rings is 3. The number of rotatable bonds is 9. The van der Waals surface area contributed by atoms with Crippen LogP contribution in [0.25, 0.3) is 10.9 Å². The van der Waals surface area contributed by atoms with E-state index in [0.717, 1.165) is 5.56 Å². The first-order chi connectivity index (χ1) is 16.9. The zero-order valence-electron chi connectivity index (χ0n) is 19.5. The SMILES string of the molecule is CCOC(=O)[C@@H](Cc1cn(S(=O)(=O)c2ccccc2)c2cc(OC)ccc12)N=Cc1ccccc1. The topological polar surface area (TPSA) is 87.0 Å². The van der Waals surface area contributed by atoms with E-state index in [-0.39, 0.29) is 17.9 Å². The van der Waals surface area contributed by atoms with Gasteiger partial charge < -0.3 is 9.47 Å². The van der Waals surface area contributed by atoms with Crippen LogP contribution in [0.3, 0.4) is 0 Å². The number of ether oxygens (including phenoxy) is 2. The highest BCUT2D eigenvalue weighted by atomic mass is 32.2. The van der Waals surface area contributed by atoms with E-state index < -0.39 is 22.0 Å². The molecule has 0 radical (unpaired) electrons. The summed E-state index contributed by atoms with van der Waals surface area (Å²) >= 11 is 0. The maximum atomic E-state index is 13.5. The third-order valence-electron chi connectivity index (χ3n) is 5.54. The Labute approximate surface area is 204 Å². The molecule has 0 aliphatic rings. The maximum Gasteiger partial charge on any atom is 0.331 e. The quantitative estimate of drug-likeness (QED) is 0.255. The number of hydrogen-bond acceptors (Lipinski definition) is 6. The van der Waals surface area contributed by atoms with Crippen molar-refractivity contribution in [2.75, 3.05) is 13.7 Å². The predicted octanol–water partition coefficient (Wildman–Crippen LogP) is 4.48. The van der Waals surface area contributed by atoms with Crippen LogP contribution in [0.4, 0.5) is 0 Å². The molecule has 0 saturated carbocycles. The first-order valence-electron chi connectivity index (χ1n) is 11.2. The fourth-order valence-electron chi connectivity index (χ4n) is 3.80. The van der Waals surface area contributed by atoms with Gasteiger partial charge in [-0.2, -0.15) is 0 Å². The van der Waals surface area contributed by atoms with Crippen LogP contribution in [0.1, 0.15) is 18.1 Å². The van der Waals surface area contributed by atoms with Gasteiger partial charge in [0, 0.05) is 30.3 Å². The molecule has 4 rings (SSSR count). The summed E-state index contributed by atoms with van der Waals surface area (Å²) < 4.78 is 38.8. The summed E-state index contributed by atoms with van der Waals surface area (Å²) in [6.07, 6.45) is 3.35. The second kappa shape index (κ2) is 10.6. The summed E-state index contributed by atoms with van der Waals surface area (Å²) in [4.78, 5) is 17.4. The van der Waals surface area contributed by atoms with Gasteiger partial charge in [0.15, 0.2) is 6.04 Å². The minimum atomic E-state index is -3.88. The van der Waals surface area contributed by atoms with Gasteiger partial charge >= 0.3 is 5.97 Å². The predicted molar refractivity (Wildman–Crippen MR) is 136 cm³/mol. The number of aliphatic imine (C=N–C) groups is 1. The van der Waals surface area contributed by atoms with E-state index in [9.17, 15) is 13.2 Å². The lowest BCUT2D eigenvalue weighted by atomic mass is 10.1. The van der Waals surface area contributed by atoms with E-state index in [1.807, 2.05) is 30.3 Å². The number of hydrogen-bond donors (Lipinski definition) is 0. The molecule has 0 saturated heterocycles. The standard InChI is InChI=1S/C27H26N2O5S/c1-3-34-27(30)25(28-18-20-10-6-4-7-11-20)16-21-19-29(26-17-22(33-2)14-15-24(21)26)35(31,32)23-12-8-5-9-13-23/h4-15,17-19,25H,3,16H2,1-2H3/t25-/m1/s1. The van der Waals surface area contributed by atoms with Crippen molar-refractivity contribution in [1.82, 2.24) is 3.97 Å². The van der Waals surface area contributed by atoms with Crippen LogP contribution in [0.15, 0.2) is 94.9 Å². The Kier molecular flexibility index (Phi) is 7.31. The van der Waals surface area contributed by atoms with E-state index in [4.69, 9.17) is 9.47 Å². The van der Waals surface area contributed by atoms with Crippen molar-refractivity contribution >= 4 is 33.1 Å². The van der Waals surface area contributed by atoms with Crippen molar-refractivity contribution in [1.29, 1.82) is 0 Å². The van der Waals surface area contributed by atoms with Gasteiger partial charge in [-0.1, -0.05) is 48.5 Å². The van der Waals surface area contributed by atoms with Crippen molar-refractivity contribution < 1.29 is 22.7 Å². The summed E-state index contributed by atoms with van der Waals surface area (Å²) in [6, 6.07) is 22.0. The molecule has 7 nitrogen and oxygen atoms in total. The first kappa shape index (κ1) is 24.2. The molecule has 0 aliphatic carbocycles. The molecule has 1 heterocycles. The Morgan fingerprint density at radius 3 is 2.37 bits per heavy atom. The van der Waals surface area contributed by atoms with Gasteiger partial charge in [-0.15, -0.1) is 0 Å². The van der Waals surface area contributed by atoms with Crippen LogP contribution in [-0.2, 0) is 26.0 Å². The van der Waals surface area contributed by atoms with Gasteiger partial charge in [-0.25, -0.2) is 17.2 Å². The lowest BCUT2D eigenvalue weighted by Crippen LogP contribution is -2.24. The van der Waals surface area contributed by atoms with Gasteiger partial charge in [-0.3, -0.25) is 4.99 Å². The Balaban J connectivity index is 1.80. The molecule has 0 spiro atoms. The number of aromatic nitrogens is 1. The number of methoxy groups -OCH3 is 1. The molecule has 1 aromatic heterocycles. The number of fused-ring (bicyclic) bond motifs is 1. The lowest BCUT2D eigenvalue weighted by molar-refractivity contribution is -0.144. The fourth-order valence-corrected chi connectivity index (χ4v) is 5.20. The molecule has 0 unspecified atom stereocenters. The van der Waals surface area contributed by atoms with Crippen LogP contribution in [-0.4, -0.2) is 44.3 Å². The molecular weight excluding hydrogens is 464 g/mol. The summed E-state index contributed by atoms with van der Waals surface area (Å²) in [5.41, 5.74) is 1.96. The normalized spacial score (nSPS) is 12.6. The highest BCUT2D eigenvalue weighted by Crippen LogP contribution is 2.30. The third kappa shape index (κ3) is 5.27. The molecular formula is C27H26N2O5S. The molecule has 0 fully saturated rings. The monoisotopic (exact) mass is 490 g/mol. The van der Waals surface area contributed by atoms with Gasteiger partial charge in [0.25, 0.3) is 10.0 Å². The largest absolute Gasteiger partial charge is 0.497 e. The summed E-state index contributed by atoms with van der Waals surface area (Å²) in [7, 11) is -2.36. The van der Waals surface area contributed by atoms with Crippen molar-refractivity contribution in [3.63, 3.8) is 0 Å². The van der Waals surface area contributed by atoms with Crippen LogP contribution in [0.5, 0.6) is 5.75 Å². The van der Waals surface area contributed by atoms with Crippen LogP contribution < -0.4 is 4.74 Å². The van der Waals surface area contributed by atoms with Gasteiger partial charge in [0.1, 0.15) is 5.75 Å². The molecule has 35 heavy (non-hydrogen) atoms. The van der Waals surface area contributed by atoms with Gasteiger partial charge in [-0.05, 0) is 42.3 Å². The van der Waals surface area contributed by atoms with E-state index in [0.29, 0.717) is 22.2 Å². The highest BCUT2D eigenvalue weighted by Gasteiger charge is 2.25. The van der Waals surface area contributed by atoms with E-state index in [2.05, 4.69) is 4.99 Å². The second-order valence-corrected chi connectivity index (χ2v) is 9.63. The van der Waals surface area contributed by atoms with Crippen LogP contribution in [0.2, 0.25) is 0 Å². The summed E-state index contributed by atoms with van der Waals surface area (Å²) in [6.45, 7) is 1.96. The van der Waals surface area contributed by atoms with Gasteiger partial charge in [0.2, 0.25) is 0 Å². The maximum absolute atomic E-state index is 13.5.